The normalized spacial score (nSPS) is 17.8. The van der Waals surface area contributed by atoms with E-state index in [4.69, 9.17) is 14.2 Å². The molecule has 0 saturated carbocycles. The van der Waals surface area contributed by atoms with E-state index in [0.717, 1.165) is 57.1 Å². The van der Waals surface area contributed by atoms with Crippen LogP contribution in [0.5, 0.6) is 17.2 Å². The van der Waals surface area contributed by atoms with Crippen molar-refractivity contribution in [2.45, 2.75) is 49.5 Å². The third kappa shape index (κ3) is 6.25. The Bertz CT molecular complexity index is 1530. The number of sulfone groups is 1. The van der Waals surface area contributed by atoms with Crippen LogP contribution in [0.15, 0.2) is 53.4 Å². The van der Waals surface area contributed by atoms with Crippen molar-refractivity contribution in [1.82, 2.24) is 0 Å². The molecule has 0 spiro atoms. The summed E-state index contributed by atoms with van der Waals surface area (Å²) in [5.74, 6) is 2.32. The van der Waals surface area contributed by atoms with Crippen molar-refractivity contribution >= 4 is 27.6 Å². The van der Waals surface area contributed by atoms with Crippen LogP contribution in [0.1, 0.15) is 53.5 Å². The van der Waals surface area contributed by atoms with E-state index in [1.54, 1.807) is 18.9 Å². The molecule has 1 N–H and O–H groups in total. The van der Waals surface area contributed by atoms with Gasteiger partial charge in [0.15, 0.2) is 0 Å². The first-order chi connectivity index (χ1) is 19.1. The van der Waals surface area contributed by atoms with E-state index in [9.17, 15) is 18.3 Å². The van der Waals surface area contributed by atoms with Gasteiger partial charge in [-0.2, -0.15) is 0 Å². The SMILES string of the molecule is COc1cc(OCCCS(C)(=O)=O)cc(C)c1-c1cccc2c1CCC2Oc1ccc2c(c1)SC[C@H]2CC(=O)O. The number of aliphatic carboxylic acids is 1. The first-order valence-electron chi connectivity index (χ1n) is 13.4. The van der Waals surface area contributed by atoms with Crippen molar-refractivity contribution in [2.75, 3.05) is 31.5 Å². The van der Waals surface area contributed by atoms with E-state index < -0.39 is 15.8 Å². The predicted octanol–water partition coefficient (Wildman–Crippen LogP) is 6.21. The summed E-state index contributed by atoms with van der Waals surface area (Å²) in [4.78, 5) is 12.3. The van der Waals surface area contributed by atoms with Crippen LogP contribution < -0.4 is 14.2 Å². The molecule has 1 unspecified atom stereocenters. The van der Waals surface area contributed by atoms with Gasteiger partial charge in [-0.25, -0.2) is 8.42 Å². The lowest BCUT2D eigenvalue weighted by Crippen LogP contribution is -2.08. The van der Waals surface area contributed by atoms with Crippen LogP contribution in [-0.4, -0.2) is 51.0 Å². The van der Waals surface area contributed by atoms with Gasteiger partial charge in [0.05, 0.1) is 25.9 Å². The summed E-state index contributed by atoms with van der Waals surface area (Å²) in [6, 6.07) is 16.2. The number of benzene rings is 3. The zero-order valence-electron chi connectivity index (χ0n) is 22.9. The van der Waals surface area contributed by atoms with Crippen LogP contribution in [0.4, 0.5) is 0 Å². The minimum absolute atomic E-state index is 0.0452. The van der Waals surface area contributed by atoms with Gasteiger partial charge in [-0.1, -0.05) is 24.3 Å². The minimum atomic E-state index is -3.02. The topological polar surface area (TPSA) is 99.1 Å². The first-order valence-corrected chi connectivity index (χ1v) is 16.4. The highest BCUT2D eigenvalue weighted by Crippen LogP contribution is 2.46. The minimum Gasteiger partial charge on any atom is -0.496 e. The van der Waals surface area contributed by atoms with Crippen molar-refractivity contribution in [1.29, 1.82) is 0 Å². The first kappa shape index (κ1) is 28.4. The number of fused-ring (bicyclic) bond motifs is 2. The number of aryl methyl sites for hydroxylation is 1. The number of rotatable bonds is 11. The molecule has 40 heavy (non-hydrogen) atoms. The highest BCUT2D eigenvalue weighted by atomic mass is 32.2. The summed E-state index contributed by atoms with van der Waals surface area (Å²) < 4.78 is 40.9. The number of methoxy groups -OCH3 is 1. The average Bonchev–Trinajstić information content (AvgIpc) is 3.49. The molecule has 0 bridgehead atoms. The second-order valence-electron chi connectivity index (χ2n) is 10.5. The van der Waals surface area contributed by atoms with Gasteiger partial charge in [-0.05, 0) is 72.2 Å². The van der Waals surface area contributed by atoms with Gasteiger partial charge < -0.3 is 19.3 Å². The van der Waals surface area contributed by atoms with Gasteiger partial charge in [0.1, 0.15) is 33.2 Å². The van der Waals surface area contributed by atoms with Crippen LogP contribution in [0, 0.1) is 6.92 Å². The molecule has 7 nitrogen and oxygen atoms in total. The van der Waals surface area contributed by atoms with E-state index in [-0.39, 0.29) is 24.2 Å². The molecule has 0 fully saturated rings. The molecule has 1 heterocycles. The van der Waals surface area contributed by atoms with Gasteiger partial charge >= 0.3 is 5.97 Å². The molecule has 0 radical (unpaired) electrons. The predicted molar refractivity (Wildman–Crippen MR) is 157 cm³/mol. The number of hydrogen-bond acceptors (Lipinski definition) is 7. The Hall–Kier alpha value is -3.17. The Kier molecular flexibility index (Phi) is 8.33. The fourth-order valence-corrected chi connectivity index (χ4v) is 7.59. The van der Waals surface area contributed by atoms with Crippen LogP contribution in [-0.2, 0) is 21.1 Å². The van der Waals surface area contributed by atoms with Crippen LogP contribution in [0.2, 0.25) is 0 Å². The van der Waals surface area contributed by atoms with Crippen molar-refractivity contribution in [3.8, 4) is 28.4 Å². The lowest BCUT2D eigenvalue weighted by molar-refractivity contribution is -0.137. The molecular formula is C31H34O7S2. The number of thioether (sulfide) groups is 1. The van der Waals surface area contributed by atoms with Crippen LogP contribution >= 0.6 is 11.8 Å². The molecule has 3 aromatic rings. The Morgan fingerprint density at radius 2 is 1.93 bits per heavy atom. The standard InChI is InChI=1S/C31H34O7S2/c1-19-14-22(37-12-5-13-40(3,34)35)16-28(36-2)31(19)26-7-4-6-25-24(26)10-11-27(25)38-21-8-9-23-20(15-30(32)33)18-39-29(23)17-21/h4,6-9,14,16-17,20,27H,5,10-13,15,18H2,1-3H3,(H,32,33)/t20-,27?/m1/s1. The highest BCUT2D eigenvalue weighted by molar-refractivity contribution is 7.99. The maximum absolute atomic E-state index is 11.4. The molecule has 0 saturated heterocycles. The highest BCUT2D eigenvalue weighted by Gasteiger charge is 2.30. The molecule has 1 aliphatic heterocycles. The molecular weight excluding hydrogens is 548 g/mol. The second-order valence-corrected chi connectivity index (χ2v) is 13.8. The van der Waals surface area contributed by atoms with Gasteiger partial charge in [-0.15, -0.1) is 11.8 Å². The maximum Gasteiger partial charge on any atom is 0.303 e. The molecule has 5 rings (SSSR count). The molecule has 212 valence electrons. The van der Waals surface area contributed by atoms with Crippen LogP contribution in [0.3, 0.4) is 0 Å². The monoisotopic (exact) mass is 582 g/mol. The smallest absolute Gasteiger partial charge is 0.303 e. The molecule has 2 aliphatic rings. The van der Waals surface area contributed by atoms with Crippen molar-refractivity contribution in [3.05, 3.63) is 70.8 Å². The van der Waals surface area contributed by atoms with Crippen molar-refractivity contribution < 1.29 is 32.5 Å². The Balaban J connectivity index is 1.35. The summed E-state index contributed by atoms with van der Waals surface area (Å²) in [5.41, 5.74) is 6.65. The number of carbonyl (C=O) groups is 1. The van der Waals surface area contributed by atoms with E-state index >= 15 is 0 Å². The van der Waals surface area contributed by atoms with Crippen molar-refractivity contribution in [3.63, 3.8) is 0 Å². The van der Waals surface area contributed by atoms with E-state index in [2.05, 4.69) is 18.2 Å². The fourth-order valence-electron chi connectivity index (χ4n) is 5.67. The Labute approximate surface area is 239 Å². The molecule has 2 atom stereocenters. The van der Waals surface area contributed by atoms with E-state index in [1.165, 1.54) is 11.8 Å². The van der Waals surface area contributed by atoms with Crippen LogP contribution in [0.25, 0.3) is 11.1 Å². The maximum atomic E-state index is 11.4. The van der Waals surface area contributed by atoms with E-state index in [0.29, 0.717) is 24.5 Å². The van der Waals surface area contributed by atoms with Gasteiger partial charge in [0.2, 0.25) is 0 Å². The summed E-state index contributed by atoms with van der Waals surface area (Å²) in [6.07, 6.45) is 3.48. The zero-order chi connectivity index (χ0) is 28.4. The lowest BCUT2D eigenvalue weighted by atomic mass is 9.92. The number of ether oxygens (including phenoxy) is 3. The third-order valence-corrected chi connectivity index (χ3v) is 9.73. The number of hydrogen-bond donors (Lipinski definition) is 1. The summed E-state index contributed by atoms with van der Waals surface area (Å²) >= 11 is 1.69. The third-order valence-electron chi connectivity index (χ3n) is 7.47. The summed E-state index contributed by atoms with van der Waals surface area (Å²) in [5, 5.41) is 9.21. The lowest BCUT2D eigenvalue weighted by Gasteiger charge is -2.19. The quantitative estimate of drug-likeness (QED) is 0.266. The van der Waals surface area contributed by atoms with E-state index in [1.807, 2.05) is 37.3 Å². The molecule has 0 amide bonds. The summed E-state index contributed by atoms with van der Waals surface area (Å²) in [6.45, 7) is 2.35. The molecule has 0 aromatic heterocycles. The molecule has 1 aliphatic carbocycles. The fraction of sp³-hybridized carbons (Fsp3) is 0.387. The molecule has 3 aromatic carbocycles. The largest absolute Gasteiger partial charge is 0.496 e. The zero-order valence-corrected chi connectivity index (χ0v) is 24.6. The van der Waals surface area contributed by atoms with Crippen molar-refractivity contribution in [2.24, 2.45) is 0 Å². The summed E-state index contributed by atoms with van der Waals surface area (Å²) in [7, 11) is -1.37. The number of carboxylic acid groups (broad SMARTS) is 1. The van der Waals surface area contributed by atoms with Gasteiger partial charge in [-0.3, -0.25) is 4.79 Å². The van der Waals surface area contributed by atoms with Gasteiger partial charge in [0, 0.05) is 34.5 Å². The second kappa shape index (κ2) is 11.7. The van der Waals surface area contributed by atoms with Gasteiger partial charge in [0.25, 0.3) is 0 Å². The molecule has 9 heteroatoms. The average molecular weight is 583 g/mol. The Morgan fingerprint density at radius 1 is 1.10 bits per heavy atom. The Morgan fingerprint density at radius 3 is 2.67 bits per heavy atom. The number of carboxylic acids is 1.